The topological polar surface area (TPSA) is 18.5 Å². The minimum absolute atomic E-state index is 1.05. The molecule has 0 radical (unpaired) electrons. The summed E-state index contributed by atoms with van der Waals surface area (Å²) in [5.41, 5.74) is 0. The van der Waals surface area contributed by atoms with E-state index in [1.807, 2.05) is 0 Å². The van der Waals surface area contributed by atoms with Crippen molar-refractivity contribution in [2.24, 2.45) is 0 Å². The third-order valence-corrected chi connectivity index (χ3v) is 2.54. The van der Waals surface area contributed by atoms with E-state index in [1.165, 1.54) is 39.1 Å². The third kappa shape index (κ3) is 4.29. The number of hydrogen-bond acceptors (Lipinski definition) is 3. The molecule has 0 unspecified atom stereocenters. The number of rotatable bonds is 5. The van der Waals surface area contributed by atoms with Crippen LogP contribution in [0.15, 0.2) is 12.8 Å². The van der Waals surface area contributed by atoms with Crippen LogP contribution in [0.2, 0.25) is 0 Å². The molecule has 1 rings (SSSR count). The van der Waals surface area contributed by atoms with Crippen LogP contribution in [0.4, 0.5) is 0 Å². The summed E-state index contributed by atoms with van der Waals surface area (Å²) >= 11 is 0. The van der Waals surface area contributed by atoms with Crippen molar-refractivity contribution in [3.63, 3.8) is 0 Å². The van der Waals surface area contributed by atoms with E-state index >= 15 is 0 Å². The Balaban J connectivity index is 1.99. The molecule has 0 spiro atoms. The van der Waals surface area contributed by atoms with Crippen LogP contribution in [-0.2, 0) is 0 Å². The van der Waals surface area contributed by atoms with Crippen molar-refractivity contribution in [3.05, 3.63) is 12.8 Å². The zero-order valence-corrected chi connectivity index (χ0v) is 8.63. The van der Waals surface area contributed by atoms with Crippen LogP contribution in [0.3, 0.4) is 0 Å². The Morgan fingerprint density at radius 1 is 1.31 bits per heavy atom. The molecule has 1 aliphatic heterocycles. The van der Waals surface area contributed by atoms with Gasteiger partial charge in [-0.25, -0.2) is 0 Å². The van der Waals surface area contributed by atoms with Crippen molar-refractivity contribution < 1.29 is 0 Å². The van der Waals surface area contributed by atoms with Crippen LogP contribution in [0.25, 0.3) is 0 Å². The molecule has 0 amide bonds. The van der Waals surface area contributed by atoms with Crippen molar-refractivity contribution in [3.8, 4) is 0 Å². The first kappa shape index (κ1) is 10.5. The highest BCUT2D eigenvalue weighted by Gasteiger charge is 2.12. The summed E-state index contributed by atoms with van der Waals surface area (Å²) in [4.78, 5) is 4.92. The third-order valence-electron chi connectivity index (χ3n) is 2.54. The SMILES string of the molecule is C=CNCCCN1CCN(C)CC1. The predicted octanol–water partition coefficient (Wildman–Crippen LogP) is 0.357. The summed E-state index contributed by atoms with van der Waals surface area (Å²) in [7, 11) is 2.19. The Kier molecular flexibility index (Phi) is 4.86. The maximum absolute atomic E-state index is 3.62. The maximum Gasteiger partial charge on any atom is 0.0153 e. The van der Waals surface area contributed by atoms with Gasteiger partial charge in [0.15, 0.2) is 0 Å². The fourth-order valence-electron chi connectivity index (χ4n) is 1.58. The molecule has 3 heteroatoms. The van der Waals surface area contributed by atoms with E-state index in [0.29, 0.717) is 0 Å². The smallest absolute Gasteiger partial charge is 0.0153 e. The summed E-state index contributed by atoms with van der Waals surface area (Å²) in [5, 5.41) is 3.12. The monoisotopic (exact) mass is 183 g/mol. The molecule has 0 aromatic carbocycles. The normalized spacial score (nSPS) is 20.1. The zero-order chi connectivity index (χ0) is 9.52. The summed E-state index contributed by atoms with van der Waals surface area (Å²) in [5.74, 6) is 0. The van der Waals surface area contributed by atoms with Crippen molar-refractivity contribution in [2.45, 2.75) is 6.42 Å². The average molecular weight is 183 g/mol. The van der Waals surface area contributed by atoms with E-state index in [1.54, 1.807) is 6.20 Å². The lowest BCUT2D eigenvalue weighted by molar-refractivity contribution is 0.153. The Hall–Kier alpha value is -0.540. The number of nitrogens with one attached hydrogen (secondary N) is 1. The van der Waals surface area contributed by atoms with Gasteiger partial charge in [-0.15, -0.1) is 0 Å². The molecule has 3 nitrogen and oxygen atoms in total. The molecular formula is C10H21N3. The molecule has 13 heavy (non-hydrogen) atoms. The minimum atomic E-state index is 1.05. The minimum Gasteiger partial charge on any atom is -0.391 e. The standard InChI is InChI=1S/C10H21N3/c1-3-11-5-4-6-13-9-7-12(2)8-10-13/h3,11H,1,4-10H2,2H3. The lowest BCUT2D eigenvalue weighted by Crippen LogP contribution is -2.44. The van der Waals surface area contributed by atoms with Gasteiger partial charge >= 0.3 is 0 Å². The van der Waals surface area contributed by atoms with Crippen LogP contribution in [0.1, 0.15) is 6.42 Å². The van der Waals surface area contributed by atoms with Gasteiger partial charge in [-0.3, -0.25) is 0 Å². The molecule has 1 N–H and O–H groups in total. The van der Waals surface area contributed by atoms with E-state index < -0.39 is 0 Å². The molecule has 0 saturated carbocycles. The highest BCUT2D eigenvalue weighted by molar-refractivity contribution is 4.70. The van der Waals surface area contributed by atoms with E-state index in [4.69, 9.17) is 0 Å². The first-order chi connectivity index (χ1) is 6.33. The van der Waals surface area contributed by atoms with Crippen molar-refractivity contribution >= 4 is 0 Å². The molecule has 76 valence electrons. The van der Waals surface area contributed by atoms with E-state index in [0.717, 1.165) is 6.54 Å². The molecule has 0 aliphatic carbocycles. The largest absolute Gasteiger partial charge is 0.391 e. The van der Waals surface area contributed by atoms with Gasteiger partial charge < -0.3 is 15.1 Å². The van der Waals surface area contributed by atoms with Gasteiger partial charge in [0.1, 0.15) is 0 Å². The molecule has 0 aromatic heterocycles. The fraction of sp³-hybridized carbons (Fsp3) is 0.800. The zero-order valence-electron chi connectivity index (χ0n) is 8.63. The number of piperazine rings is 1. The van der Waals surface area contributed by atoms with E-state index in [9.17, 15) is 0 Å². The van der Waals surface area contributed by atoms with E-state index in [2.05, 4.69) is 28.7 Å². The predicted molar refractivity (Wildman–Crippen MR) is 56.8 cm³/mol. The second-order valence-corrected chi connectivity index (χ2v) is 3.66. The fourth-order valence-corrected chi connectivity index (χ4v) is 1.58. The molecule has 1 fully saturated rings. The Morgan fingerprint density at radius 2 is 2.00 bits per heavy atom. The summed E-state index contributed by atoms with van der Waals surface area (Å²) in [6, 6.07) is 0. The molecule has 0 aromatic rings. The maximum atomic E-state index is 3.62. The van der Waals surface area contributed by atoms with Crippen molar-refractivity contribution in [2.75, 3.05) is 46.3 Å². The van der Waals surface area contributed by atoms with E-state index in [-0.39, 0.29) is 0 Å². The van der Waals surface area contributed by atoms with Crippen LogP contribution in [0, 0.1) is 0 Å². The van der Waals surface area contributed by atoms with Gasteiger partial charge in [0.2, 0.25) is 0 Å². The second kappa shape index (κ2) is 6.00. The summed E-state index contributed by atoms with van der Waals surface area (Å²) < 4.78 is 0. The van der Waals surface area contributed by atoms with Crippen LogP contribution < -0.4 is 5.32 Å². The number of hydrogen-bond donors (Lipinski definition) is 1. The van der Waals surface area contributed by atoms with Crippen LogP contribution in [0.5, 0.6) is 0 Å². The lowest BCUT2D eigenvalue weighted by Gasteiger charge is -2.32. The van der Waals surface area contributed by atoms with Gasteiger partial charge in [-0.2, -0.15) is 0 Å². The Labute approximate surface area is 81.4 Å². The molecule has 1 aliphatic rings. The average Bonchev–Trinajstić information content (AvgIpc) is 2.15. The van der Waals surface area contributed by atoms with Crippen molar-refractivity contribution in [1.82, 2.24) is 15.1 Å². The van der Waals surface area contributed by atoms with Gasteiger partial charge in [0.25, 0.3) is 0 Å². The molecule has 0 atom stereocenters. The van der Waals surface area contributed by atoms with Crippen LogP contribution >= 0.6 is 0 Å². The number of nitrogens with zero attached hydrogens (tertiary/aromatic N) is 2. The quantitative estimate of drug-likeness (QED) is 0.621. The Morgan fingerprint density at radius 3 is 2.62 bits per heavy atom. The summed E-state index contributed by atoms with van der Waals surface area (Å²) in [6.07, 6.45) is 2.99. The highest BCUT2D eigenvalue weighted by Crippen LogP contribution is 1.99. The Bertz CT molecular complexity index is 139. The van der Waals surface area contributed by atoms with Crippen molar-refractivity contribution in [1.29, 1.82) is 0 Å². The van der Waals surface area contributed by atoms with Crippen LogP contribution in [-0.4, -0.2) is 56.1 Å². The first-order valence-electron chi connectivity index (χ1n) is 5.08. The van der Waals surface area contributed by atoms with Gasteiger partial charge in [-0.05, 0) is 26.2 Å². The molecule has 1 saturated heterocycles. The molecule has 1 heterocycles. The summed E-state index contributed by atoms with van der Waals surface area (Å²) in [6.45, 7) is 10.8. The first-order valence-corrected chi connectivity index (χ1v) is 5.08. The van der Waals surface area contributed by atoms with Gasteiger partial charge in [0, 0.05) is 32.7 Å². The molecule has 0 bridgehead atoms. The van der Waals surface area contributed by atoms with Gasteiger partial charge in [0.05, 0.1) is 0 Å². The molecular weight excluding hydrogens is 162 g/mol. The lowest BCUT2D eigenvalue weighted by atomic mass is 10.3. The second-order valence-electron chi connectivity index (χ2n) is 3.66. The highest BCUT2D eigenvalue weighted by atomic mass is 15.2. The number of likely N-dealkylation sites (N-methyl/N-ethyl adjacent to an activating group) is 1. The van der Waals surface area contributed by atoms with Gasteiger partial charge in [-0.1, -0.05) is 6.58 Å².